The van der Waals surface area contributed by atoms with Gasteiger partial charge in [-0.15, -0.1) is 0 Å². The van der Waals surface area contributed by atoms with Crippen LogP contribution < -0.4 is 15.4 Å². The maximum absolute atomic E-state index is 6.16. The van der Waals surface area contributed by atoms with Gasteiger partial charge in [0.2, 0.25) is 5.88 Å². The molecule has 2 N–H and O–H groups in total. The van der Waals surface area contributed by atoms with Crippen molar-refractivity contribution in [1.82, 2.24) is 15.0 Å². The molecule has 0 unspecified atom stereocenters. The number of rotatable bonds is 9. The van der Waals surface area contributed by atoms with Gasteiger partial charge in [-0.2, -0.15) is 0 Å². The van der Waals surface area contributed by atoms with Crippen LogP contribution in [0, 0.1) is 0 Å². The van der Waals surface area contributed by atoms with E-state index >= 15 is 0 Å². The first kappa shape index (κ1) is 22.9. The molecule has 0 aliphatic carbocycles. The van der Waals surface area contributed by atoms with Gasteiger partial charge in [0.1, 0.15) is 11.5 Å². The van der Waals surface area contributed by atoms with E-state index in [1.807, 2.05) is 0 Å². The molecule has 6 nitrogen and oxygen atoms in total. The van der Waals surface area contributed by atoms with Gasteiger partial charge in [-0.05, 0) is 53.6 Å². The number of hydrogen-bond donors (Lipinski definition) is 1. The van der Waals surface area contributed by atoms with Crippen LogP contribution in [0.3, 0.4) is 0 Å². The number of nitrogens with zero attached hydrogens (tertiary/aromatic N) is 4. The van der Waals surface area contributed by atoms with E-state index in [-0.39, 0.29) is 12.6 Å². The average molecular weight is 476 g/mol. The third kappa shape index (κ3) is 4.62. The maximum atomic E-state index is 6.16. The van der Waals surface area contributed by atoms with Gasteiger partial charge in [0.25, 0.3) is 0 Å². The second-order valence-electron chi connectivity index (χ2n) is 8.11. The number of nitrogens with two attached hydrogens (primary N) is 1. The third-order valence-corrected chi connectivity index (χ3v) is 6.30. The van der Waals surface area contributed by atoms with Gasteiger partial charge >= 0.3 is 0 Å². The quantitative estimate of drug-likeness (QED) is 0.535. The summed E-state index contributed by atoms with van der Waals surface area (Å²) in [4.78, 5) is 17.2. The van der Waals surface area contributed by atoms with Crippen molar-refractivity contribution in [3.63, 3.8) is 0 Å². The van der Waals surface area contributed by atoms with E-state index in [0.717, 1.165) is 65.3 Å². The molecule has 3 rings (SSSR count). The molecule has 1 aliphatic heterocycles. The molecule has 1 aliphatic rings. The molecule has 0 amide bonds. The molecular formula is C23H34BrN5O. The minimum absolute atomic E-state index is 0.123. The first-order chi connectivity index (χ1) is 14.4. The number of aryl methyl sites for hydroxylation is 1. The summed E-state index contributed by atoms with van der Waals surface area (Å²) in [7, 11) is 0. The standard InChI is InChI=1S/C23H34BrN5O/c1-6-15(7-2)30-23-19(13-25)26-21(18(8-3)27-23)16-12-17(24)20(14(4)5)28-22(16)29-10-9-11-29/h12,14-15H,6-11,13,25H2,1-5H3. The van der Waals surface area contributed by atoms with Crippen molar-refractivity contribution in [2.24, 2.45) is 5.73 Å². The Labute approximate surface area is 188 Å². The Kier molecular flexibility index (Phi) is 7.69. The molecule has 3 heterocycles. The molecule has 164 valence electrons. The predicted molar refractivity (Wildman–Crippen MR) is 126 cm³/mol. The molecule has 7 heteroatoms. The van der Waals surface area contributed by atoms with Crippen molar-refractivity contribution >= 4 is 21.7 Å². The van der Waals surface area contributed by atoms with Crippen molar-refractivity contribution in [2.75, 3.05) is 18.0 Å². The highest BCUT2D eigenvalue weighted by Crippen LogP contribution is 2.38. The van der Waals surface area contributed by atoms with Gasteiger partial charge in [0, 0.05) is 29.7 Å². The highest BCUT2D eigenvalue weighted by Gasteiger charge is 2.26. The topological polar surface area (TPSA) is 77.2 Å². The highest BCUT2D eigenvalue weighted by molar-refractivity contribution is 9.10. The molecule has 0 saturated carbocycles. The van der Waals surface area contributed by atoms with E-state index in [1.165, 1.54) is 6.42 Å². The van der Waals surface area contributed by atoms with Crippen molar-refractivity contribution in [3.05, 3.63) is 27.6 Å². The van der Waals surface area contributed by atoms with Gasteiger partial charge in [0.15, 0.2) is 0 Å². The van der Waals surface area contributed by atoms with Crippen LogP contribution in [-0.2, 0) is 13.0 Å². The average Bonchev–Trinajstić information content (AvgIpc) is 2.70. The lowest BCUT2D eigenvalue weighted by Crippen LogP contribution is -2.38. The number of pyridine rings is 1. The largest absolute Gasteiger partial charge is 0.473 e. The lowest BCUT2D eigenvalue weighted by Gasteiger charge is -2.34. The maximum Gasteiger partial charge on any atom is 0.237 e. The Morgan fingerprint density at radius 3 is 2.30 bits per heavy atom. The summed E-state index contributed by atoms with van der Waals surface area (Å²) in [5.41, 5.74) is 10.6. The van der Waals surface area contributed by atoms with Crippen molar-refractivity contribution in [3.8, 4) is 17.1 Å². The summed E-state index contributed by atoms with van der Waals surface area (Å²) in [5.74, 6) is 1.90. The van der Waals surface area contributed by atoms with Crippen LogP contribution in [0.2, 0.25) is 0 Å². The lowest BCUT2D eigenvalue weighted by atomic mass is 10.0. The fraction of sp³-hybridized carbons (Fsp3) is 0.609. The summed E-state index contributed by atoms with van der Waals surface area (Å²) in [6.45, 7) is 13.0. The second-order valence-corrected chi connectivity index (χ2v) is 8.96. The predicted octanol–water partition coefficient (Wildman–Crippen LogP) is 5.22. The van der Waals surface area contributed by atoms with Gasteiger partial charge in [-0.25, -0.2) is 15.0 Å². The van der Waals surface area contributed by atoms with E-state index in [9.17, 15) is 0 Å². The Balaban J connectivity index is 2.15. The van der Waals surface area contributed by atoms with Crippen LogP contribution in [0.1, 0.15) is 76.9 Å². The Morgan fingerprint density at radius 2 is 1.80 bits per heavy atom. The van der Waals surface area contributed by atoms with E-state index in [2.05, 4.69) is 61.5 Å². The third-order valence-electron chi connectivity index (χ3n) is 5.66. The number of halogens is 1. The molecule has 0 radical (unpaired) electrons. The van der Waals surface area contributed by atoms with E-state index in [1.54, 1.807) is 0 Å². The van der Waals surface area contributed by atoms with Gasteiger partial charge in [-0.1, -0.05) is 34.6 Å². The molecule has 0 bridgehead atoms. The summed E-state index contributed by atoms with van der Waals surface area (Å²) in [5, 5.41) is 0. The van der Waals surface area contributed by atoms with Crippen molar-refractivity contribution in [2.45, 2.75) is 78.9 Å². The van der Waals surface area contributed by atoms with E-state index in [0.29, 0.717) is 17.5 Å². The van der Waals surface area contributed by atoms with E-state index < -0.39 is 0 Å². The van der Waals surface area contributed by atoms with Crippen LogP contribution in [0.25, 0.3) is 11.3 Å². The zero-order chi connectivity index (χ0) is 21.8. The smallest absolute Gasteiger partial charge is 0.237 e. The first-order valence-electron chi connectivity index (χ1n) is 11.2. The fourth-order valence-corrected chi connectivity index (χ4v) is 4.41. The highest BCUT2D eigenvalue weighted by atomic mass is 79.9. The molecule has 0 aromatic carbocycles. The SMILES string of the molecule is CCc1nc(OC(CC)CC)c(CN)nc1-c1cc(Br)c(C(C)C)nc1N1CCC1. The Morgan fingerprint density at radius 1 is 1.10 bits per heavy atom. The number of ether oxygens (including phenoxy) is 1. The summed E-state index contributed by atoms with van der Waals surface area (Å²) < 4.78 is 7.17. The van der Waals surface area contributed by atoms with Crippen LogP contribution in [-0.4, -0.2) is 34.1 Å². The molecule has 0 spiro atoms. The van der Waals surface area contributed by atoms with Crippen LogP contribution in [0.4, 0.5) is 5.82 Å². The lowest BCUT2D eigenvalue weighted by molar-refractivity contribution is 0.181. The number of hydrogen-bond acceptors (Lipinski definition) is 6. The van der Waals surface area contributed by atoms with Gasteiger partial charge in [0.05, 0.1) is 23.2 Å². The Hall–Kier alpha value is -1.73. The summed E-state index contributed by atoms with van der Waals surface area (Å²) in [6, 6.07) is 2.15. The fourth-order valence-electron chi connectivity index (χ4n) is 3.63. The first-order valence-corrected chi connectivity index (χ1v) is 11.9. The molecule has 1 fully saturated rings. The van der Waals surface area contributed by atoms with Gasteiger partial charge < -0.3 is 15.4 Å². The summed E-state index contributed by atoms with van der Waals surface area (Å²) >= 11 is 3.74. The minimum Gasteiger partial charge on any atom is -0.473 e. The van der Waals surface area contributed by atoms with Crippen LogP contribution in [0.5, 0.6) is 5.88 Å². The van der Waals surface area contributed by atoms with Crippen molar-refractivity contribution < 1.29 is 4.74 Å². The van der Waals surface area contributed by atoms with Crippen molar-refractivity contribution in [1.29, 1.82) is 0 Å². The molecule has 2 aromatic heterocycles. The number of anilines is 1. The number of aromatic nitrogens is 3. The van der Waals surface area contributed by atoms with E-state index in [4.69, 9.17) is 25.4 Å². The van der Waals surface area contributed by atoms with Crippen LogP contribution in [0.15, 0.2) is 10.5 Å². The molecule has 2 aromatic rings. The summed E-state index contributed by atoms with van der Waals surface area (Å²) in [6.07, 6.45) is 3.93. The van der Waals surface area contributed by atoms with Crippen LogP contribution >= 0.6 is 15.9 Å². The second kappa shape index (κ2) is 10.1. The molecule has 0 atom stereocenters. The Bertz CT molecular complexity index is 878. The molecule has 30 heavy (non-hydrogen) atoms. The minimum atomic E-state index is 0.123. The zero-order valence-electron chi connectivity index (χ0n) is 18.8. The monoisotopic (exact) mass is 475 g/mol. The molecular weight excluding hydrogens is 442 g/mol. The molecule has 1 saturated heterocycles. The van der Waals surface area contributed by atoms with Gasteiger partial charge in [-0.3, -0.25) is 0 Å². The normalized spacial score (nSPS) is 13.8. The zero-order valence-corrected chi connectivity index (χ0v) is 20.4.